The van der Waals surface area contributed by atoms with Gasteiger partial charge in [0.15, 0.2) is 5.75 Å². The molecule has 9 heteroatoms. The molecule has 1 atom stereocenters. The summed E-state index contributed by atoms with van der Waals surface area (Å²) in [6, 6.07) is 11.9. The van der Waals surface area contributed by atoms with E-state index in [2.05, 4.69) is 10.6 Å². The minimum atomic E-state index is -0.486. The third-order valence-corrected chi connectivity index (χ3v) is 5.34. The van der Waals surface area contributed by atoms with Crippen molar-refractivity contribution in [1.82, 2.24) is 5.32 Å². The number of anilines is 1. The Bertz CT molecular complexity index is 902. The van der Waals surface area contributed by atoms with E-state index in [1.54, 1.807) is 31.2 Å². The zero-order valence-electron chi connectivity index (χ0n) is 17.1. The third kappa shape index (κ3) is 6.77. The van der Waals surface area contributed by atoms with E-state index in [1.807, 2.05) is 19.1 Å². The van der Waals surface area contributed by atoms with Gasteiger partial charge >= 0.3 is 5.69 Å². The molecule has 8 nitrogen and oxygen atoms in total. The Hall–Kier alpha value is -3.07. The predicted molar refractivity (Wildman–Crippen MR) is 118 cm³/mol. The van der Waals surface area contributed by atoms with Crippen LogP contribution in [0.1, 0.15) is 37.4 Å². The molecule has 2 N–H and O–H groups in total. The average molecular weight is 432 g/mol. The van der Waals surface area contributed by atoms with Gasteiger partial charge in [0.1, 0.15) is 0 Å². The maximum Gasteiger partial charge on any atom is 0.311 e. The molecule has 30 heavy (non-hydrogen) atoms. The molecule has 0 heterocycles. The quantitative estimate of drug-likeness (QED) is 0.433. The molecule has 160 valence electrons. The van der Waals surface area contributed by atoms with Crippen molar-refractivity contribution in [3.8, 4) is 5.75 Å². The third-order valence-electron chi connectivity index (χ3n) is 4.33. The number of ether oxygens (including phenoxy) is 1. The van der Waals surface area contributed by atoms with Crippen molar-refractivity contribution in [2.24, 2.45) is 0 Å². The van der Waals surface area contributed by atoms with Crippen LogP contribution >= 0.6 is 11.8 Å². The summed E-state index contributed by atoms with van der Waals surface area (Å²) in [5.74, 6) is 0.732. The molecule has 0 spiro atoms. The monoisotopic (exact) mass is 431 g/mol. The summed E-state index contributed by atoms with van der Waals surface area (Å²) in [7, 11) is 1.39. The van der Waals surface area contributed by atoms with E-state index in [4.69, 9.17) is 4.74 Å². The Balaban J connectivity index is 1.84. The molecule has 0 aliphatic heterocycles. The minimum Gasteiger partial charge on any atom is -0.490 e. The normalized spacial score (nSPS) is 11.4. The first-order valence-corrected chi connectivity index (χ1v) is 10.6. The van der Waals surface area contributed by atoms with Crippen molar-refractivity contribution in [3.63, 3.8) is 0 Å². The van der Waals surface area contributed by atoms with Gasteiger partial charge in [-0.15, -0.1) is 11.8 Å². The smallest absolute Gasteiger partial charge is 0.311 e. The van der Waals surface area contributed by atoms with Gasteiger partial charge in [0, 0.05) is 23.9 Å². The van der Waals surface area contributed by atoms with Crippen molar-refractivity contribution >= 4 is 35.0 Å². The molecule has 0 saturated carbocycles. The number of methoxy groups -OCH3 is 1. The van der Waals surface area contributed by atoms with Gasteiger partial charge in [-0.2, -0.15) is 0 Å². The number of nitrogens with one attached hydrogen (secondary N) is 2. The van der Waals surface area contributed by atoms with Crippen LogP contribution in [-0.4, -0.2) is 29.6 Å². The number of benzene rings is 2. The number of hydrogen-bond acceptors (Lipinski definition) is 6. The fraction of sp³-hybridized carbons (Fsp3) is 0.333. The number of hydrogen-bond donors (Lipinski definition) is 2. The molecule has 2 aromatic rings. The fourth-order valence-corrected chi connectivity index (χ4v) is 3.49. The standard InChI is InChI=1S/C21H25N3O5S/c1-4-20(25)23-17-8-6-16(7-9-17)14(2)22-21(26)13-30-12-15-5-10-19(29-3)18(11-15)24(27)28/h5-11,14H,4,12-13H2,1-3H3,(H,22,26)(H,23,25). The van der Waals surface area contributed by atoms with E-state index in [9.17, 15) is 19.7 Å². The van der Waals surface area contributed by atoms with Crippen LogP contribution in [0.3, 0.4) is 0 Å². The van der Waals surface area contributed by atoms with Gasteiger partial charge < -0.3 is 15.4 Å². The van der Waals surface area contributed by atoms with Crippen molar-refractivity contribution < 1.29 is 19.2 Å². The lowest BCUT2D eigenvalue weighted by Gasteiger charge is -2.15. The molecule has 2 amide bonds. The van der Waals surface area contributed by atoms with Crippen LogP contribution in [0, 0.1) is 10.1 Å². The van der Waals surface area contributed by atoms with Crippen molar-refractivity contribution in [2.45, 2.75) is 32.1 Å². The van der Waals surface area contributed by atoms with Crippen molar-refractivity contribution in [3.05, 3.63) is 63.7 Å². The predicted octanol–water partition coefficient (Wildman–Crippen LogP) is 4.06. The van der Waals surface area contributed by atoms with E-state index in [-0.39, 0.29) is 35.0 Å². The van der Waals surface area contributed by atoms with E-state index in [0.717, 1.165) is 11.1 Å². The maximum atomic E-state index is 12.2. The lowest BCUT2D eigenvalue weighted by molar-refractivity contribution is -0.385. The highest BCUT2D eigenvalue weighted by Gasteiger charge is 2.15. The topological polar surface area (TPSA) is 111 Å². The molecule has 0 saturated heterocycles. The largest absolute Gasteiger partial charge is 0.490 e. The molecule has 2 aromatic carbocycles. The summed E-state index contributed by atoms with van der Waals surface area (Å²) in [5, 5.41) is 16.8. The van der Waals surface area contributed by atoms with Gasteiger partial charge in [0.25, 0.3) is 0 Å². The molecule has 0 fully saturated rings. The van der Waals surface area contributed by atoms with Gasteiger partial charge in [-0.3, -0.25) is 19.7 Å². The summed E-state index contributed by atoms with van der Waals surface area (Å²) in [6.45, 7) is 3.67. The highest BCUT2D eigenvalue weighted by molar-refractivity contribution is 7.99. The Morgan fingerprint density at radius 1 is 1.17 bits per heavy atom. The molecule has 0 aliphatic rings. The van der Waals surface area contributed by atoms with Gasteiger partial charge in [-0.05, 0) is 36.2 Å². The second-order valence-electron chi connectivity index (χ2n) is 6.57. The minimum absolute atomic E-state index is 0.0525. The number of thioether (sulfide) groups is 1. The Morgan fingerprint density at radius 3 is 2.47 bits per heavy atom. The summed E-state index contributed by atoms with van der Waals surface area (Å²) < 4.78 is 4.99. The van der Waals surface area contributed by atoms with Crippen LogP contribution in [0.25, 0.3) is 0 Å². The van der Waals surface area contributed by atoms with Crippen LogP contribution in [-0.2, 0) is 15.3 Å². The Labute approximate surface area is 179 Å². The van der Waals surface area contributed by atoms with Gasteiger partial charge in [0.05, 0.1) is 23.8 Å². The first-order chi connectivity index (χ1) is 14.3. The SMILES string of the molecule is CCC(=O)Nc1ccc(C(C)NC(=O)CSCc2ccc(OC)c([N+](=O)[O-])c2)cc1. The second-order valence-corrected chi connectivity index (χ2v) is 7.55. The molecule has 2 rings (SSSR count). The molecule has 0 radical (unpaired) electrons. The lowest BCUT2D eigenvalue weighted by atomic mass is 10.1. The average Bonchev–Trinajstić information content (AvgIpc) is 2.73. The first kappa shape index (κ1) is 23.2. The number of amides is 2. The molecule has 0 aliphatic carbocycles. The fourth-order valence-electron chi connectivity index (χ4n) is 2.70. The number of carbonyl (C=O) groups excluding carboxylic acids is 2. The van der Waals surface area contributed by atoms with Gasteiger partial charge in [0.2, 0.25) is 11.8 Å². The highest BCUT2D eigenvalue weighted by Crippen LogP contribution is 2.29. The number of nitro benzene ring substituents is 1. The number of carbonyl (C=O) groups is 2. The summed E-state index contributed by atoms with van der Waals surface area (Å²) in [6.07, 6.45) is 0.412. The first-order valence-electron chi connectivity index (χ1n) is 9.42. The zero-order chi connectivity index (χ0) is 22.1. The zero-order valence-corrected chi connectivity index (χ0v) is 18.0. The summed E-state index contributed by atoms with van der Waals surface area (Å²) >= 11 is 1.37. The second kappa shape index (κ2) is 11.2. The van der Waals surface area contributed by atoms with Crippen LogP contribution in [0.2, 0.25) is 0 Å². The van der Waals surface area contributed by atoms with Crippen LogP contribution in [0.5, 0.6) is 5.75 Å². The highest BCUT2D eigenvalue weighted by atomic mass is 32.2. The molecule has 0 aromatic heterocycles. The maximum absolute atomic E-state index is 12.2. The lowest BCUT2D eigenvalue weighted by Crippen LogP contribution is -2.28. The van der Waals surface area contributed by atoms with E-state index in [0.29, 0.717) is 17.9 Å². The van der Waals surface area contributed by atoms with Crippen molar-refractivity contribution in [2.75, 3.05) is 18.2 Å². The molecular weight excluding hydrogens is 406 g/mol. The number of nitro groups is 1. The van der Waals surface area contributed by atoms with Crippen LogP contribution in [0.4, 0.5) is 11.4 Å². The van der Waals surface area contributed by atoms with E-state index >= 15 is 0 Å². The van der Waals surface area contributed by atoms with Gasteiger partial charge in [-0.1, -0.05) is 25.1 Å². The summed E-state index contributed by atoms with van der Waals surface area (Å²) in [5.41, 5.74) is 2.30. The van der Waals surface area contributed by atoms with Gasteiger partial charge in [-0.25, -0.2) is 0 Å². The number of nitrogens with zero attached hydrogens (tertiary/aromatic N) is 1. The Morgan fingerprint density at radius 2 is 1.87 bits per heavy atom. The summed E-state index contributed by atoms with van der Waals surface area (Å²) in [4.78, 5) is 34.3. The van der Waals surface area contributed by atoms with Crippen LogP contribution < -0.4 is 15.4 Å². The molecular formula is C21H25N3O5S. The Kier molecular flexibility index (Phi) is 8.67. The van der Waals surface area contributed by atoms with E-state index < -0.39 is 4.92 Å². The molecule has 0 bridgehead atoms. The molecule has 1 unspecified atom stereocenters. The van der Waals surface area contributed by atoms with Crippen molar-refractivity contribution in [1.29, 1.82) is 0 Å². The van der Waals surface area contributed by atoms with E-state index in [1.165, 1.54) is 24.9 Å². The number of rotatable bonds is 10. The van der Waals surface area contributed by atoms with Crippen LogP contribution in [0.15, 0.2) is 42.5 Å².